The summed E-state index contributed by atoms with van der Waals surface area (Å²) < 4.78 is 3.37. The lowest BCUT2D eigenvalue weighted by molar-refractivity contribution is -0.127. The largest absolute Gasteiger partial charge is 0.351 e. The van der Waals surface area contributed by atoms with Crippen molar-refractivity contribution in [3.8, 4) is 0 Å². The molecule has 0 radical (unpaired) electrons. The molecule has 0 saturated heterocycles. The molecule has 8 nitrogen and oxygen atoms in total. The second-order valence-corrected chi connectivity index (χ2v) is 10.3. The standard InChI is InChI=1S/C25H36N4O4/c1-15-12-19-22(18(16(15)2)13-21(31)27(6)23(26)32)28(14-20(30)25(3,4)5)24(33)29(19)17-10-8-7-9-11-17/h12,17H,7-11,13-14H2,1-6H3,(H2,26,32). The number of aromatic nitrogens is 2. The number of Topliss-reactive ketones (excluding diaryl/α,β-unsaturated/α-hetero) is 1. The van der Waals surface area contributed by atoms with E-state index in [1.165, 1.54) is 11.6 Å². The molecule has 0 bridgehead atoms. The number of benzene rings is 1. The Morgan fingerprint density at radius 1 is 1.12 bits per heavy atom. The number of hydrogen-bond donors (Lipinski definition) is 1. The van der Waals surface area contributed by atoms with Crippen molar-refractivity contribution in [1.82, 2.24) is 14.0 Å². The van der Waals surface area contributed by atoms with Gasteiger partial charge in [0.2, 0.25) is 5.91 Å². The van der Waals surface area contributed by atoms with Crippen LogP contribution >= 0.6 is 0 Å². The minimum atomic E-state index is -0.832. The van der Waals surface area contributed by atoms with Crippen molar-refractivity contribution >= 4 is 28.8 Å². The number of hydrogen-bond acceptors (Lipinski definition) is 4. The summed E-state index contributed by atoms with van der Waals surface area (Å²) in [6.45, 7) is 9.30. The number of rotatable bonds is 5. The van der Waals surface area contributed by atoms with Crippen LogP contribution in [0.3, 0.4) is 0 Å². The number of imidazole rings is 1. The minimum absolute atomic E-state index is 0.0583. The van der Waals surface area contributed by atoms with Crippen LogP contribution in [0, 0.1) is 19.3 Å². The Bertz CT molecular complexity index is 1160. The molecule has 2 aromatic rings. The highest BCUT2D eigenvalue weighted by Gasteiger charge is 2.29. The van der Waals surface area contributed by atoms with Gasteiger partial charge in [-0.15, -0.1) is 0 Å². The van der Waals surface area contributed by atoms with Crippen molar-refractivity contribution in [3.63, 3.8) is 0 Å². The zero-order valence-corrected chi connectivity index (χ0v) is 20.7. The molecule has 1 saturated carbocycles. The number of likely N-dealkylation sites (N-methyl/N-ethyl adjacent to an activating group) is 1. The van der Waals surface area contributed by atoms with Gasteiger partial charge in [0.25, 0.3) is 0 Å². The van der Waals surface area contributed by atoms with E-state index in [0.29, 0.717) is 11.1 Å². The lowest BCUT2D eigenvalue weighted by atomic mass is 9.90. The van der Waals surface area contributed by atoms with E-state index >= 15 is 0 Å². The molecule has 0 aliphatic heterocycles. The second-order valence-electron chi connectivity index (χ2n) is 10.3. The first kappa shape index (κ1) is 24.7. The Morgan fingerprint density at radius 2 is 1.73 bits per heavy atom. The number of fused-ring (bicyclic) bond motifs is 1. The van der Waals surface area contributed by atoms with Gasteiger partial charge in [0.05, 0.1) is 24.0 Å². The van der Waals surface area contributed by atoms with Crippen LogP contribution in [-0.4, -0.2) is 38.8 Å². The molecule has 3 amide bonds. The summed E-state index contributed by atoms with van der Waals surface area (Å²) in [5.74, 6) is -0.513. The third kappa shape index (κ3) is 4.75. The van der Waals surface area contributed by atoms with E-state index in [1.54, 1.807) is 0 Å². The molecule has 3 rings (SSSR count). The summed E-state index contributed by atoms with van der Waals surface area (Å²) in [5, 5.41) is 0. The Balaban J connectivity index is 2.29. The van der Waals surface area contributed by atoms with Gasteiger partial charge in [-0.05, 0) is 49.4 Å². The molecule has 1 aliphatic carbocycles. The summed E-state index contributed by atoms with van der Waals surface area (Å²) in [7, 11) is 1.34. The normalized spacial score (nSPS) is 15.1. The number of carbonyl (C=O) groups is 3. The Morgan fingerprint density at radius 3 is 2.27 bits per heavy atom. The molecule has 2 N–H and O–H groups in total. The SMILES string of the molecule is Cc1cc2c(c(CC(=O)N(C)C(N)=O)c1C)n(CC(=O)C(C)(C)C)c(=O)n2C1CCCCC1. The Hall–Kier alpha value is -2.90. The van der Waals surface area contributed by atoms with E-state index in [9.17, 15) is 19.2 Å². The van der Waals surface area contributed by atoms with Gasteiger partial charge in [-0.1, -0.05) is 40.0 Å². The number of primary amides is 1. The molecule has 180 valence electrons. The molecule has 0 unspecified atom stereocenters. The van der Waals surface area contributed by atoms with Crippen molar-refractivity contribution in [2.24, 2.45) is 11.1 Å². The van der Waals surface area contributed by atoms with Crippen molar-refractivity contribution in [2.45, 2.75) is 85.7 Å². The van der Waals surface area contributed by atoms with Crippen LogP contribution in [0.15, 0.2) is 10.9 Å². The third-order valence-corrected chi connectivity index (χ3v) is 7.00. The first-order valence-electron chi connectivity index (χ1n) is 11.7. The first-order valence-corrected chi connectivity index (χ1v) is 11.7. The maximum absolute atomic E-state index is 13.8. The molecule has 1 fully saturated rings. The smallest absolute Gasteiger partial charge is 0.329 e. The number of aryl methyl sites for hydroxylation is 1. The van der Waals surface area contributed by atoms with E-state index in [-0.39, 0.29) is 30.5 Å². The van der Waals surface area contributed by atoms with Crippen LogP contribution in [0.5, 0.6) is 0 Å². The fourth-order valence-electron chi connectivity index (χ4n) is 4.59. The van der Waals surface area contributed by atoms with E-state index in [1.807, 2.05) is 45.3 Å². The predicted molar refractivity (Wildman–Crippen MR) is 128 cm³/mol. The lowest BCUT2D eigenvalue weighted by Gasteiger charge is -2.23. The van der Waals surface area contributed by atoms with Crippen LogP contribution in [-0.2, 0) is 22.6 Å². The summed E-state index contributed by atoms with van der Waals surface area (Å²) in [4.78, 5) is 52.0. The van der Waals surface area contributed by atoms with Gasteiger partial charge in [0, 0.05) is 18.5 Å². The van der Waals surface area contributed by atoms with Crippen molar-refractivity contribution in [3.05, 3.63) is 33.2 Å². The number of amides is 3. The van der Waals surface area contributed by atoms with Gasteiger partial charge in [-0.25, -0.2) is 9.59 Å². The maximum atomic E-state index is 13.8. The molecule has 0 atom stereocenters. The van der Waals surface area contributed by atoms with Crippen molar-refractivity contribution in [1.29, 1.82) is 0 Å². The number of ketones is 1. The average Bonchev–Trinajstić information content (AvgIpc) is 3.01. The molecule has 8 heteroatoms. The summed E-state index contributed by atoms with van der Waals surface area (Å²) >= 11 is 0. The molecule has 1 aromatic heterocycles. The monoisotopic (exact) mass is 456 g/mol. The van der Waals surface area contributed by atoms with Crippen molar-refractivity contribution < 1.29 is 14.4 Å². The number of urea groups is 1. The highest BCUT2D eigenvalue weighted by Crippen LogP contribution is 2.33. The topological polar surface area (TPSA) is 107 Å². The second kappa shape index (κ2) is 9.15. The highest BCUT2D eigenvalue weighted by molar-refractivity contribution is 5.97. The van der Waals surface area contributed by atoms with Crippen LogP contribution < -0.4 is 11.4 Å². The van der Waals surface area contributed by atoms with Gasteiger partial charge in [0.1, 0.15) is 0 Å². The average molecular weight is 457 g/mol. The quantitative estimate of drug-likeness (QED) is 0.741. The maximum Gasteiger partial charge on any atom is 0.329 e. The van der Waals surface area contributed by atoms with Crippen LogP contribution in [0.25, 0.3) is 11.0 Å². The Labute approximate surface area is 194 Å². The van der Waals surface area contributed by atoms with E-state index < -0.39 is 17.4 Å². The van der Waals surface area contributed by atoms with Gasteiger partial charge in [-0.3, -0.25) is 23.6 Å². The number of nitrogens with two attached hydrogens (primary N) is 1. The number of carbonyl (C=O) groups excluding carboxylic acids is 3. The van der Waals surface area contributed by atoms with Crippen LogP contribution in [0.2, 0.25) is 0 Å². The number of imide groups is 1. The summed E-state index contributed by atoms with van der Waals surface area (Å²) in [6.07, 6.45) is 5.02. The summed E-state index contributed by atoms with van der Waals surface area (Å²) in [6, 6.07) is 1.23. The minimum Gasteiger partial charge on any atom is -0.351 e. The first-order chi connectivity index (χ1) is 15.3. The highest BCUT2D eigenvalue weighted by atomic mass is 16.2. The molecular formula is C25H36N4O4. The van der Waals surface area contributed by atoms with E-state index in [0.717, 1.165) is 53.6 Å². The molecule has 1 aliphatic rings. The molecule has 0 spiro atoms. The third-order valence-electron chi connectivity index (χ3n) is 7.00. The van der Waals surface area contributed by atoms with Crippen LogP contribution in [0.1, 0.15) is 75.6 Å². The molecular weight excluding hydrogens is 420 g/mol. The van der Waals surface area contributed by atoms with Crippen LogP contribution in [0.4, 0.5) is 4.79 Å². The predicted octanol–water partition coefficient (Wildman–Crippen LogP) is 3.62. The fraction of sp³-hybridized carbons (Fsp3) is 0.600. The van der Waals surface area contributed by atoms with E-state index in [2.05, 4.69) is 0 Å². The zero-order valence-electron chi connectivity index (χ0n) is 20.7. The lowest BCUT2D eigenvalue weighted by Crippen LogP contribution is -2.38. The molecule has 1 aromatic carbocycles. The molecule has 33 heavy (non-hydrogen) atoms. The zero-order chi connectivity index (χ0) is 24.7. The van der Waals surface area contributed by atoms with Gasteiger partial charge in [-0.2, -0.15) is 0 Å². The van der Waals surface area contributed by atoms with Gasteiger partial charge < -0.3 is 5.73 Å². The fourth-order valence-corrected chi connectivity index (χ4v) is 4.59. The Kier molecular flexibility index (Phi) is 6.86. The van der Waals surface area contributed by atoms with Gasteiger partial charge in [0.15, 0.2) is 5.78 Å². The summed E-state index contributed by atoms with van der Waals surface area (Å²) in [5.41, 5.74) is 8.33. The van der Waals surface area contributed by atoms with Crippen molar-refractivity contribution in [2.75, 3.05) is 7.05 Å². The van der Waals surface area contributed by atoms with E-state index in [4.69, 9.17) is 5.73 Å². The van der Waals surface area contributed by atoms with Gasteiger partial charge >= 0.3 is 11.7 Å². The molecule has 1 heterocycles. The number of nitrogens with zero attached hydrogens (tertiary/aromatic N) is 3.